The first kappa shape index (κ1) is 33.4. The van der Waals surface area contributed by atoms with Gasteiger partial charge in [-0.05, 0) is 61.1 Å². The number of halogens is 12. The molecule has 46 heavy (non-hydrogen) atoms. The van der Waals surface area contributed by atoms with Gasteiger partial charge in [-0.2, -0.15) is 52.7 Å². The van der Waals surface area contributed by atoms with E-state index in [0.29, 0.717) is 30.5 Å². The highest BCUT2D eigenvalue weighted by atomic mass is 19.4. The Kier molecular flexibility index (Phi) is 8.29. The van der Waals surface area contributed by atoms with Crippen LogP contribution in [0.4, 0.5) is 57.5 Å². The largest absolute Gasteiger partial charge is 0.481 e. The lowest BCUT2D eigenvalue weighted by Gasteiger charge is -2.39. The molecule has 0 spiro atoms. The molecule has 0 bridgehead atoms. The molecule has 0 N–H and O–H groups in total. The highest BCUT2D eigenvalue weighted by molar-refractivity contribution is 5.76. The minimum absolute atomic E-state index is 0.0202. The van der Waals surface area contributed by atoms with Crippen molar-refractivity contribution in [3.05, 3.63) is 70.5 Å². The van der Waals surface area contributed by atoms with Gasteiger partial charge < -0.3 is 9.47 Å². The number of piperidine rings is 1. The van der Waals surface area contributed by atoms with Gasteiger partial charge in [0, 0.05) is 23.3 Å². The van der Waals surface area contributed by atoms with Crippen molar-refractivity contribution in [1.82, 2.24) is 9.88 Å². The first-order valence-corrected chi connectivity index (χ1v) is 13.6. The molecule has 2 aliphatic heterocycles. The van der Waals surface area contributed by atoms with Gasteiger partial charge in [0.2, 0.25) is 5.88 Å². The minimum atomic E-state index is -5.17. The Labute approximate surface area is 252 Å². The summed E-state index contributed by atoms with van der Waals surface area (Å²) in [5.41, 5.74) is -6.44. The maximum Gasteiger partial charge on any atom is 0.417 e. The number of methoxy groups -OCH3 is 1. The first-order valence-electron chi connectivity index (χ1n) is 13.6. The summed E-state index contributed by atoms with van der Waals surface area (Å²) in [5, 5.41) is 0. The molecule has 4 atom stereocenters. The van der Waals surface area contributed by atoms with Gasteiger partial charge >= 0.3 is 30.8 Å². The van der Waals surface area contributed by atoms with Crippen LogP contribution in [0.3, 0.4) is 0 Å². The standard InChI is InChI=1S/C29H22F12N2O3/c1-45-24-20(11-17(12-42-24)29(39,40)41)18-6-5-14(26(30,31)32)10-19(18)21-3-2-4-22-23(46-25(44)43(21)22)13-7-15(27(33,34)35)9-16(8-13)28(36,37)38/h5-7,9-13,21-23H,2-4,8H2,1H3/t13?,21-,22-,23+/m0/s1. The topological polar surface area (TPSA) is 51.7 Å². The molecule has 0 saturated carbocycles. The van der Waals surface area contributed by atoms with Crippen LogP contribution in [0.25, 0.3) is 11.1 Å². The van der Waals surface area contributed by atoms with Gasteiger partial charge in [0.1, 0.15) is 6.10 Å². The van der Waals surface area contributed by atoms with Crippen LogP contribution in [0.15, 0.2) is 53.8 Å². The van der Waals surface area contributed by atoms with Crippen molar-refractivity contribution in [2.24, 2.45) is 5.92 Å². The normalized spacial score (nSPS) is 24.3. The molecule has 250 valence electrons. The number of pyridine rings is 1. The predicted molar refractivity (Wildman–Crippen MR) is 135 cm³/mol. The second-order valence-corrected chi connectivity index (χ2v) is 11.0. The molecule has 1 aromatic carbocycles. The Morgan fingerprint density at radius 2 is 1.52 bits per heavy atom. The van der Waals surface area contributed by atoms with Crippen LogP contribution in [0.5, 0.6) is 5.88 Å². The van der Waals surface area contributed by atoms with Crippen LogP contribution < -0.4 is 4.74 Å². The fourth-order valence-electron chi connectivity index (χ4n) is 6.19. The fraction of sp³-hybridized carbons (Fsp3) is 0.448. The van der Waals surface area contributed by atoms with Crippen LogP contribution in [0, 0.1) is 5.92 Å². The maximum atomic E-state index is 13.9. The van der Waals surface area contributed by atoms with Crippen LogP contribution >= 0.6 is 0 Å². The number of hydrogen-bond donors (Lipinski definition) is 0. The van der Waals surface area contributed by atoms with Gasteiger partial charge in [-0.15, -0.1) is 0 Å². The summed E-state index contributed by atoms with van der Waals surface area (Å²) in [6, 6.07) is 0.259. The number of fused-ring (bicyclic) bond motifs is 1. The molecule has 2 aromatic rings. The third kappa shape index (κ3) is 6.36. The summed E-state index contributed by atoms with van der Waals surface area (Å²) >= 11 is 0. The van der Waals surface area contributed by atoms with Gasteiger partial charge in [-0.3, -0.25) is 4.90 Å². The van der Waals surface area contributed by atoms with Crippen molar-refractivity contribution in [3.8, 4) is 17.0 Å². The SMILES string of the molecule is COc1ncc(C(F)(F)F)cc1-c1ccc(C(F)(F)F)cc1[C@@H]1CCC[C@H]2[C@@H](C3C=C(C(F)(F)F)C=C(C(F)(F)F)C3)OC(=O)N12. The zero-order chi connectivity index (χ0) is 34.0. The average molecular weight is 674 g/mol. The number of rotatable bonds is 4. The van der Waals surface area contributed by atoms with E-state index in [1.165, 1.54) is 0 Å². The summed E-state index contributed by atoms with van der Waals surface area (Å²) < 4.78 is 174. The molecule has 5 rings (SSSR count). The van der Waals surface area contributed by atoms with Crippen LogP contribution in [-0.4, -0.2) is 47.6 Å². The molecule has 1 amide bonds. The van der Waals surface area contributed by atoms with Crippen molar-refractivity contribution in [3.63, 3.8) is 0 Å². The van der Waals surface area contributed by atoms with Gasteiger partial charge in [-0.25, -0.2) is 9.78 Å². The second-order valence-electron chi connectivity index (χ2n) is 11.0. The van der Waals surface area contributed by atoms with E-state index < -0.39 is 83.6 Å². The van der Waals surface area contributed by atoms with E-state index >= 15 is 0 Å². The van der Waals surface area contributed by atoms with Crippen molar-refractivity contribution >= 4 is 6.09 Å². The number of benzene rings is 1. The monoisotopic (exact) mass is 674 g/mol. The van der Waals surface area contributed by atoms with Crippen LogP contribution in [0.1, 0.15) is 48.4 Å². The van der Waals surface area contributed by atoms with Crippen molar-refractivity contribution in [1.29, 1.82) is 0 Å². The molecule has 0 radical (unpaired) electrons. The Bertz CT molecular complexity index is 1570. The van der Waals surface area contributed by atoms with Gasteiger partial charge in [0.15, 0.2) is 0 Å². The van der Waals surface area contributed by atoms with Crippen molar-refractivity contribution < 1.29 is 67.0 Å². The lowest BCUT2D eigenvalue weighted by Crippen LogP contribution is -2.45. The fourth-order valence-corrected chi connectivity index (χ4v) is 6.19. The molecular formula is C29H22F12N2O3. The Balaban J connectivity index is 1.61. The average Bonchev–Trinajstić information content (AvgIpc) is 3.31. The number of alkyl halides is 12. The first-order chi connectivity index (χ1) is 21.2. The molecular weight excluding hydrogens is 652 g/mol. The van der Waals surface area contributed by atoms with Crippen LogP contribution in [0.2, 0.25) is 0 Å². The van der Waals surface area contributed by atoms with Gasteiger partial charge in [0.25, 0.3) is 0 Å². The number of carbonyl (C=O) groups is 1. The number of cyclic esters (lactones) is 1. The molecule has 2 fully saturated rings. The molecule has 1 aromatic heterocycles. The third-order valence-electron chi connectivity index (χ3n) is 8.19. The Morgan fingerprint density at radius 1 is 0.848 bits per heavy atom. The smallest absolute Gasteiger partial charge is 0.417 e. The summed E-state index contributed by atoms with van der Waals surface area (Å²) in [7, 11) is 1.07. The van der Waals surface area contributed by atoms with E-state index in [0.717, 1.165) is 18.1 Å². The second kappa shape index (κ2) is 11.4. The van der Waals surface area contributed by atoms with E-state index in [1.807, 2.05) is 0 Å². The number of carbonyl (C=O) groups excluding carboxylic acids is 1. The van der Waals surface area contributed by atoms with E-state index in [-0.39, 0.29) is 47.9 Å². The highest BCUT2D eigenvalue weighted by Crippen LogP contribution is 2.50. The van der Waals surface area contributed by atoms with E-state index in [1.54, 1.807) is 0 Å². The van der Waals surface area contributed by atoms with Crippen LogP contribution in [-0.2, 0) is 17.1 Å². The van der Waals surface area contributed by atoms with Gasteiger partial charge in [-0.1, -0.05) is 12.1 Å². The predicted octanol–water partition coefficient (Wildman–Crippen LogP) is 9.21. The molecule has 1 unspecified atom stereocenters. The number of ether oxygens (including phenoxy) is 2. The molecule has 3 heterocycles. The van der Waals surface area contributed by atoms with E-state index in [9.17, 15) is 57.5 Å². The van der Waals surface area contributed by atoms with E-state index in [4.69, 9.17) is 9.47 Å². The number of allylic oxidation sites excluding steroid dienone is 3. The summed E-state index contributed by atoms with van der Waals surface area (Å²) in [5.74, 6) is -1.98. The third-order valence-corrected chi connectivity index (χ3v) is 8.19. The maximum absolute atomic E-state index is 13.9. The summed E-state index contributed by atoms with van der Waals surface area (Å²) in [6.45, 7) is 0. The van der Waals surface area contributed by atoms with Gasteiger partial charge in [0.05, 0.1) is 35.9 Å². The molecule has 3 aliphatic rings. The number of hydrogen-bond acceptors (Lipinski definition) is 4. The van der Waals surface area contributed by atoms with E-state index in [2.05, 4.69) is 4.98 Å². The molecule has 2 saturated heterocycles. The summed E-state index contributed by atoms with van der Waals surface area (Å²) in [4.78, 5) is 17.8. The zero-order valence-electron chi connectivity index (χ0n) is 23.3. The van der Waals surface area contributed by atoms with Crippen molar-refractivity contribution in [2.45, 2.75) is 68.6 Å². The lowest BCUT2D eigenvalue weighted by molar-refractivity contribution is -0.138. The van der Waals surface area contributed by atoms with Crippen molar-refractivity contribution in [2.75, 3.05) is 7.11 Å². The quantitative estimate of drug-likeness (QED) is 0.304. The molecule has 5 nitrogen and oxygen atoms in total. The Morgan fingerprint density at radius 3 is 2.11 bits per heavy atom. The Hall–Kier alpha value is -3.92. The molecule has 17 heteroatoms. The molecule has 1 aliphatic carbocycles. The minimum Gasteiger partial charge on any atom is -0.481 e. The number of amides is 1. The zero-order valence-corrected chi connectivity index (χ0v) is 23.3. The lowest BCUT2D eigenvalue weighted by atomic mass is 9.79. The summed E-state index contributed by atoms with van der Waals surface area (Å²) in [6.07, 6.45) is -22.8. The highest BCUT2D eigenvalue weighted by Gasteiger charge is 2.53. The number of nitrogens with zero attached hydrogens (tertiary/aromatic N) is 2. The number of aromatic nitrogens is 1.